The molecule has 2 aromatic rings. The van der Waals surface area contributed by atoms with E-state index in [1.165, 1.54) is 0 Å². The van der Waals surface area contributed by atoms with Gasteiger partial charge in [-0.1, -0.05) is 36.4 Å². The van der Waals surface area contributed by atoms with E-state index in [2.05, 4.69) is 5.32 Å². The predicted octanol–water partition coefficient (Wildman–Crippen LogP) is 2.56. The number of amides is 1. The van der Waals surface area contributed by atoms with Gasteiger partial charge in [-0.05, 0) is 25.2 Å². The first kappa shape index (κ1) is 16.0. The fourth-order valence-corrected chi connectivity index (χ4v) is 2.12. The van der Waals surface area contributed by atoms with E-state index in [1.807, 2.05) is 68.7 Å². The Balaban J connectivity index is 2.07. The van der Waals surface area contributed by atoms with Crippen LogP contribution in [0.1, 0.15) is 15.9 Å². The van der Waals surface area contributed by atoms with Crippen molar-refractivity contribution in [3.05, 3.63) is 65.7 Å². The van der Waals surface area contributed by atoms with Crippen LogP contribution >= 0.6 is 0 Å². The van der Waals surface area contributed by atoms with Crippen LogP contribution in [0, 0.1) is 0 Å². The second kappa shape index (κ2) is 8.20. The molecule has 0 aliphatic heterocycles. The molecule has 0 aliphatic carbocycles. The summed E-state index contributed by atoms with van der Waals surface area (Å²) in [5.74, 6) is 0.816. The zero-order valence-electron chi connectivity index (χ0n) is 13.1. The lowest BCUT2D eigenvalue weighted by molar-refractivity contribution is 0.0794. The average molecular weight is 298 g/mol. The summed E-state index contributed by atoms with van der Waals surface area (Å²) in [4.78, 5) is 14.2. The van der Waals surface area contributed by atoms with E-state index in [-0.39, 0.29) is 5.91 Å². The summed E-state index contributed by atoms with van der Waals surface area (Å²) in [6.07, 6.45) is 0. The highest BCUT2D eigenvalue weighted by Gasteiger charge is 2.15. The normalized spacial score (nSPS) is 10.3. The molecule has 4 heteroatoms. The second-order valence-electron chi connectivity index (χ2n) is 5.09. The maximum atomic E-state index is 12.5. The molecule has 0 saturated carbocycles. The zero-order valence-corrected chi connectivity index (χ0v) is 13.1. The fourth-order valence-electron chi connectivity index (χ4n) is 2.12. The van der Waals surface area contributed by atoms with Crippen LogP contribution in [0.15, 0.2) is 54.6 Å². The van der Waals surface area contributed by atoms with Crippen molar-refractivity contribution in [1.82, 2.24) is 10.2 Å². The van der Waals surface area contributed by atoms with Crippen LogP contribution in [-0.2, 0) is 6.61 Å². The third kappa shape index (κ3) is 4.33. The van der Waals surface area contributed by atoms with Gasteiger partial charge in [-0.15, -0.1) is 0 Å². The minimum absolute atomic E-state index is 0.0162. The number of rotatable bonds is 7. The number of benzene rings is 2. The standard InChI is InChI=1S/C18H22N2O2/c1-19-12-13-20(2)18(21)17-11-7-6-8-15(17)14-22-16-9-4-3-5-10-16/h3-11,19H,12-14H2,1-2H3. The minimum Gasteiger partial charge on any atom is -0.489 e. The van der Waals surface area contributed by atoms with Gasteiger partial charge in [0.05, 0.1) is 0 Å². The van der Waals surface area contributed by atoms with Gasteiger partial charge in [0.15, 0.2) is 0 Å². The van der Waals surface area contributed by atoms with Gasteiger partial charge in [-0.3, -0.25) is 4.79 Å². The molecule has 116 valence electrons. The quantitative estimate of drug-likeness (QED) is 0.854. The maximum Gasteiger partial charge on any atom is 0.254 e. The van der Waals surface area contributed by atoms with Crippen LogP contribution < -0.4 is 10.1 Å². The van der Waals surface area contributed by atoms with Crippen molar-refractivity contribution in [2.24, 2.45) is 0 Å². The predicted molar refractivity (Wildman–Crippen MR) is 88.1 cm³/mol. The van der Waals surface area contributed by atoms with Crippen LogP contribution in [-0.4, -0.2) is 38.0 Å². The third-order valence-electron chi connectivity index (χ3n) is 3.43. The molecule has 2 aromatic carbocycles. The first-order valence-electron chi connectivity index (χ1n) is 7.38. The Morgan fingerprint density at radius 1 is 1.09 bits per heavy atom. The van der Waals surface area contributed by atoms with Crippen LogP contribution in [0.4, 0.5) is 0 Å². The lowest BCUT2D eigenvalue weighted by Crippen LogP contribution is -2.33. The van der Waals surface area contributed by atoms with Gasteiger partial charge in [-0.2, -0.15) is 0 Å². The molecule has 0 aliphatic rings. The number of likely N-dealkylation sites (N-methyl/N-ethyl adjacent to an activating group) is 2. The maximum absolute atomic E-state index is 12.5. The number of hydrogen-bond donors (Lipinski definition) is 1. The summed E-state index contributed by atoms with van der Waals surface area (Å²) >= 11 is 0. The van der Waals surface area contributed by atoms with Crippen molar-refractivity contribution < 1.29 is 9.53 Å². The Bertz CT molecular complexity index is 599. The molecular formula is C18H22N2O2. The van der Waals surface area contributed by atoms with Gasteiger partial charge in [0.2, 0.25) is 0 Å². The lowest BCUT2D eigenvalue weighted by Gasteiger charge is -2.19. The number of ether oxygens (including phenoxy) is 1. The molecular weight excluding hydrogens is 276 g/mol. The van der Waals surface area contributed by atoms with Crippen molar-refractivity contribution in [2.75, 3.05) is 27.2 Å². The molecule has 1 amide bonds. The molecule has 0 bridgehead atoms. The Morgan fingerprint density at radius 2 is 1.77 bits per heavy atom. The Morgan fingerprint density at radius 3 is 2.50 bits per heavy atom. The summed E-state index contributed by atoms with van der Waals surface area (Å²) in [6.45, 7) is 1.82. The fraction of sp³-hybridized carbons (Fsp3) is 0.278. The molecule has 0 fully saturated rings. The second-order valence-corrected chi connectivity index (χ2v) is 5.09. The topological polar surface area (TPSA) is 41.6 Å². The summed E-state index contributed by atoms with van der Waals surface area (Å²) in [5, 5.41) is 3.05. The van der Waals surface area contributed by atoms with Crippen LogP contribution in [0.25, 0.3) is 0 Å². The number of nitrogens with one attached hydrogen (secondary N) is 1. The molecule has 0 heterocycles. The highest BCUT2D eigenvalue weighted by Crippen LogP contribution is 2.16. The van der Waals surface area contributed by atoms with E-state index in [0.717, 1.165) is 17.9 Å². The molecule has 0 atom stereocenters. The molecule has 0 spiro atoms. The van der Waals surface area contributed by atoms with Crippen LogP contribution in [0.2, 0.25) is 0 Å². The molecule has 1 N–H and O–H groups in total. The number of para-hydroxylation sites is 1. The number of carbonyl (C=O) groups is 1. The summed E-state index contributed by atoms with van der Waals surface area (Å²) in [5.41, 5.74) is 1.59. The average Bonchev–Trinajstić information content (AvgIpc) is 2.58. The molecule has 4 nitrogen and oxygen atoms in total. The zero-order chi connectivity index (χ0) is 15.8. The van der Waals surface area contributed by atoms with Gasteiger partial charge >= 0.3 is 0 Å². The van der Waals surface area contributed by atoms with E-state index in [9.17, 15) is 4.79 Å². The summed E-state index contributed by atoms with van der Waals surface area (Å²) in [6, 6.07) is 17.2. The highest BCUT2D eigenvalue weighted by molar-refractivity contribution is 5.95. The Labute approximate surface area is 131 Å². The number of hydrogen-bond acceptors (Lipinski definition) is 3. The van der Waals surface area contributed by atoms with Gasteiger partial charge in [-0.25, -0.2) is 0 Å². The SMILES string of the molecule is CNCCN(C)C(=O)c1ccccc1COc1ccccc1. The molecule has 0 aromatic heterocycles. The van der Waals surface area contributed by atoms with E-state index in [1.54, 1.807) is 4.90 Å². The first-order chi connectivity index (χ1) is 10.7. The smallest absolute Gasteiger partial charge is 0.254 e. The molecule has 22 heavy (non-hydrogen) atoms. The van der Waals surface area contributed by atoms with Gasteiger partial charge in [0, 0.05) is 31.3 Å². The highest BCUT2D eigenvalue weighted by atomic mass is 16.5. The van der Waals surface area contributed by atoms with Crippen molar-refractivity contribution in [2.45, 2.75) is 6.61 Å². The Hall–Kier alpha value is -2.33. The molecule has 0 saturated heterocycles. The summed E-state index contributed by atoms with van der Waals surface area (Å²) in [7, 11) is 3.69. The number of carbonyl (C=O) groups excluding carboxylic acids is 1. The van der Waals surface area contributed by atoms with Crippen molar-refractivity contribution in [3.63, 3.8) is 0 Å². The Kier molecular flexibility index (Phi) is 5.98. The van der Waals surface area contributed by atoms with Gasteiger partial charge < -0.3 is 15.0 Å². The largest absolute Gasteiger partial charge is 0.489 e. The molecule has 0 unspecified atom stereocenters. The lowest BCUT2D eigenvalue weighted by atomic mass is 10.1. The van der Waals surface area contributed by atoms with Gasteiger partial charge in [0.1, 0.15) is 12.4 Å². The minimum atomic E-state index is 0.0162. The first-order valence-corrected chi connectivity index (χ1v) is 7.38. The van der Waals surface area contributed by atoms with Crippen molar-refractivity contribution >= 4 is 5.91 Å². The van der Waals surface area contributed by atoms with E-state index in [0.29, 0.717) is 18.7 Å². The summed E-state index contributed by atoms with van der Waals surface area (Å²) < 4.78 is 5.76. The van der Waals surface area contributed by atoms with Crippen molar-refractivity contribution in [3.8, 4) is 5.75 Å². The molecule has 0 radical (unpaired) electrons. The van der Waals surface area contributed by atoms with E-state index >= 15 is 0 Å². The van der Waals surface area contributed by atoms with E-state index < -0.39 is 0 Å². The van der Waals surface area contributed by atoms with Gasteiger partial charge in [0.25, 0.3) is 5.91 Å². The van der Waals surface area contributed by atoms with E-state index in [4.69, 9.17) is 4.74 Å². The number of nitrogens with zero attached hydrogens (tertiary/aromatic N) is 1. The van der Waals surface area contributed by atoms with Crippen molar-refractivity contribution in [1.29, 1.82) is 0 Å². The van der Waals surface area contributed by atoms with Crippen LogP contribution in [0.5, 0.6) is 5.75 Å². The third-order valence-corrected chi connectivity index (χ3v) is 3.43. The van der Waals surface area contributed by atoms with Crippen LogP contribution in [0.3, 0.4) is 0 Å². The monoisotopic (exact) mass is 298 g/mol. The molecule has 2 rings (SSSR count).